The predicted octanol–water partition coefficient (Wildman–Crippen LogP) is 7.10. The van der Waals surface area contributed by atoms with Crippen LogP contribution in [0.1, 0.15) is 75.2 Å². The second kappa shape index (κ2) is 8.20. The maximum Gasteiger partial charge on any atom is 0.162 e. The summed E-state index contributed by atoms with van der Waals surface area (Å²) in [5, 5.41) is 0. The Hall–Kier alpha value is -1.89. The molecule has 0 amide bonds. The zero-order valence-electron chi connectivity index (χ0n) is 16.6. The van der Waals surface area contributed by atoms with Crippen LogP contribution in [0.5, 0.6) is 0 Å². The average molecular weight is 349 g/mol. The molecule has 0 aromatic heterocycles. The third-order valence-electron chi connectivity index (χ3n) is 6.09. The van der Waals surface area contributed by atoms with Crippen LogP contribution in [0.25, 0.3) is 11.1 Å². The summed E-state index contributed by atoms with van der Waals surface area (Å²) in [5.74, 6) is 1.11. The van der Waals surface area contributed by atoms with Crippen molar-refractivity contribution >= 4 is 5.78 Å². The minimum atomic E-state index is 0.208. The summed E-state index contributed by atoms with van der Waals surface area (Å²) in [6.45, 7) is 6.73. The first-order valence-corrected chi connectivity index (χ1v) is 10.2. The Labute approximate surface area is 158 Å². The third kappa shape index (κ3) is 4.84. The Morgan fingerprint density at radius 1 is 1.00 bits per heavy atom. The van der Waals surface area contributed by atoms with Gasteiger partial charge in [0.25, 0.3) is 0 Å². The van der Waals surface area contributed by atoms with Crippen LogP contribution >= 0.6 is 0 Å². The first-order valence-electron chi connectivity index (χ1n) is 10.2. The van der Waals surface area contributed by atoms with Gasteiger partial charge in [-0.05, 0) is 72.6 Å². The standard InChI is InChI=1S/C25H32O/c1-4-24(26)23-7-5-6-22(18-23)21-12-10-19(11-13-21)8-9-20-14-16-25(2,3)17-15-20/h5-7,10-13,18,20H,4,8-9,14-17H2,1-3H3. The first kappa shape index (κ1) is 18.9. The number of carbonyl (C=O) groups excluding carboxylic acids is 1. The van der Waals surface area contributed by atoms with Gasteiger partial charge in [-0.15, -0.1) is 0 Å². The molecule has 0 bridgehead atoms. The molecule has 0 spiro atoms. The maximum atomic E-state index is 11.9. The highest BCUT2D eigenvalue weighted by atomic mass is 16.1. The normalized spacial score (nSPS) is 17.2. The molecule has 0 radical (unpaired) electrons. The molecule has 1 fully saturated rings. The van der Waals surface area contributed by atoms with Gasteiger partial charge in [0.15, 0.2) is 5.78 Å². The van der Waals surface area contributed by atoms with E-state index in [4.69, 9.17) is 0 Å². The summed E-state index contributed by atoms with van der Waals surface area (Å²) >= 11 is 0. The summed E-state index contributed by atoms with van der Waals surface area (Å²) in [6, 6.07) is 16.9. The summed E-state index contributed by atoms with van der Waals surface area (Å²) in [6.07, 6.45) is 8.59. The fourth-order valence-electron chi connectivity index (χ4n) is 4.06. The van der Waals surface area contributed by atoms with Gasteiger partial charge in [0, 0.05) is 12.0 Å². The van der Waals surface area contributed by atoms with Crippen molar-refractivity contribution in [1.29, 1.82) is 0 Å². The molecule has 0 atom stereocenters. The van der Waals surface area contributed by atoms with E-state index in [1.165, 1.54) is 49.7 Å². The Morgan fingerprint density at radius 3 is 2.35 bits per heavy atom. The van der Waals surface area contributed by atoms with Crippen LogP contribution < -0.4 is 0 Å². The molecule has 1 aliphatic carbocycles. The van der Waals surface area contributed by atoms with Crippen molar-refractivity contribution in [2.75, 3.05) is 0 Å². The highest BCUT2D eigenvalue weighted by molar-refractivity contribution is 5.97. The molecule has 1 aliphatic rings. The highest BCUT2D eigenvalue weighted by Crippen LogP contribution is 2.39. The molecule has 2 aromatic rings. The summed E-state index contributed by atoms with van der Waals surface area (Å²) in [7, 11) is 0. The van der Waals surface area contributed by atoms with Crippen molar-refractivity contribution in [3.05, 3.63) is 59.7 Å². The van der Waals surface area contributed by atoms with Crippen LogP contribution in [0.15, 0.2) is 48.5 Å². The molecular weight excluding hydrogens is 316 g/mol. The molecule has 1 saturated carbocycles. The molecule has 2 aromatic carbocycles. The van der Waals surface area contributed by atoms with E-state index in [0.29, 0.717) is 11.8 Å². The van der Waals surface area contributed by atoms with Gasteiger partial charge in [0.05, 0.1) is 0 Å². The van der Waals surface area contributed by atoms with Crippen LogP contribution in [0, 0.1) is 11.3 Å². The minimum Gasteiger partial charge on any atom is -0.294 e. The van der Waals surface area contributed by atoms with Crippen LogP contribution in [-0.4, -0.2) is 5.78 Å². The van der Waals surface area contributed by atoms with Gasteiger partial charge in [-0.2, -0.15) is 0 Å². The molecular formula is C25H32O. The van der Waals surface area contributed by atoms with Gasteiger partial charge in [0.1, 0.15) is 0 Å². The Bertz CT molecular complexity index is 729. The maximum absolute atomic E-state index is 11.9. The monoisotopic (exact) mass is 348 g/mol. The van der Waals surface area contributed by atoms with E-state index in [-0.39, 0.29) is 5.78 Å². The molecule has 0 unspecified atom stereocenters. The second-order valence-corrected chi connectivity index (χ2v) is 8.70. The van der Waals surface area contributed by atoms with E-state index in [9.17, 15) is 4.79 Å². The van der Waals surface area contributed by atoms with Gasteiger partial charge >= 0.3 is 0 Å². The molecule has 0 N–H and O–H groups in total. The van der Waals surface area contributed by atoms with Crippen LogP contribution in [-0.2, 0) is 6.42 Å². The zero-order valence-corrected chi connectivity index (χ0v) is 16.6. The van der Waals surface area contributed by atoms with Crippen LogP contribution in [0.2, 0.25) is 0 Å². The molecule has 138 valence electrons. The molecule has 26 heavy (non-hydrogen) atoms. The SMILES string of the molecule is CCC(=O)c1cccc(-c2ccc(CCC3CCC(C)(C)CC3)cc2)c1. The van der Waals surface area contributed by atoms with Crippen molar-refractivity contribution in [2.45, 2.75) is 65.7 Å². The van der Waals surface area contributed by atoms with Crippen molar-refractivity contribution in [1.82, 2.24) is 0 Å². The predicted molar refractivity (Wildman–Crippen MR) is 111 cm³/mol. The number of ketones is 1. The molecule has 0 aliphatic heterocycles. The molecule has 3 rings (SSSR count). The van der Waals surface area contributed by atoms with E-state index < -0.39 is 0 Å². The van der Waals surface area contributed by atoms with Gasteiger partial charge in [-0.25, -0.2) is 0 Å². The molecule has 0 heterocycles. The first-order chi connectivity index (χ1) is 12.5. The van der Waals surface area contributed by atoms with Gasteiger partial charge in [0.2, 0.25) is 0 Å². The van der Waals surface area contributed by atoms with E-state index in [2.05, 4.69) is 44.2 Å². The summed E-state index contributed by atoms with van der Waals surface area (Å²) < 4.78 is 0. The number of aryl methyl sites for hydroxylation is 1. The number of Topliss-reactive ketones (excluding diaryl/α,β-unsaturated/α-hetero) is 1. The number of rotatable bonds is 6. The Balaban J connectivity index is 1.60. The Morgan fingerprint density at radius 2 is 1.69 bits per heavy atom. The van der Waals surface area contributed by atoms with Crippen molar-refractivity contribution in [3.8, 4) is 11.1 Å². The van der Waals surface area contributed by atoms with Crippen molar-refractivity contribution in [3.63, 3.8) is 0 Å². The van der Waals surface area contributed by atoms with Gasteiger partial charge in [-0.3, -0.25) is 4.79 Å². The number of hydrogen-bond acceptors (Lipinski definition) is 1. The lowest BCUT2D eigenvalue weighted by atomic mass is 9.72. The lowest BCUT2D eigenvalue weighted by molar-refractivity contribution is 0.0988. The van der Waals surface area contributed by atoms with E-state index in [1.807, 2.05) is 25.1 Å². The van der Waals surface area contributed by atoms with Crippen molar-refractivity contribution in [2.24, 2.45) is 11.3 Å². The quantitative estimate of drug-likeness (QED) is 0.509. The second-order valence-electron chi connectivity index (χ2n) is 8.70. The molecule has 1 nitrogen and oxygen atoms in total. The van der Waals surface area contributed by atoms with Gasteiger partial charge in [-0.1, -0.05) is 63.2 Å². The Kier molecular flexibility index (Phi) is 5.96. The largest absolute Gasteiger partial charge is 0.294 e. The molecule has 0 saturated heterocycles. The van der Waals surface area contributed by atoms with E-state index in [1.54, 1.807) is 0 Å². The summed E-state index contributed by atoms with van der Waals surface area (Å²) in [4.78, 5) is 11.9. The third-order valence-corrected chi connectivity index (χ3v) is 6.09. The fraction of sp³-hybridized carbons (Fsp3) is 0.480. The summed E-state index contributed by atoms with van der Waals surface area (Å²) in [5.41, 5.74) is 5.13. The van der Waals surface area contributed by atoms with Crippen LogP contribution in [0.3, 0.4) is 0 Å². The minimum absolute atomic E-state index is 0.208. The van der Waals surface area contributed by atoms with E-state index in [0.717, 1.165) is 17.0 Å². The average Bonchev–Trinajstić information content (AvgIpc) is 2.67. The number of benzene rings is 2. The lowest BCUT2D eigenvalue weighted by Crippen LogP contribution is -2.21. The van der Waals surface area contributed by atoms with E-state index >= 15 is 0 Å². The number of hydrogen-bond donors (Lipinski definition) is 0. The highest BCUT2D eigenvalue weighted by Gasteiger charge is 2.26. The van der Waals surface area contributed by atoms with Crippen LogP contribution in [0.4, 0.5) is 0 Å². The van der Waals surface area contributed by atoms with Crippen molar-refractivity contribution < 1.29 is 4.79 Å². The molecule has 1 heteroatoms. The lowest BCUT2D eigenvalue weighted by Gasteiger charge is -2.34. The zero-order chi connectivity index (χ0) is 18.6. The van der Waals surface area contributed by atoms with Gasteiger partial charge < -0.3 is 0 Å². The fourth-order valence-corrected chi connectivity index (χ4v) is 4.06. The smallest absolute Gasteiger partial charge is 0.162 e. The number of carbonyl (C=O) groups is 1. The topological polar surface area (TPSA) is 17.1 Å².